The second-order valence-corrected chi connectivity index (χ2v) is 6.40. The molecule has 0 heterocycles. The molecule has 4 nitrogen and oxygen atoms in total. The van der Waals surface area contributed by atoms with Crippen LogP contribution < -0.4 is 5.73 Å². The summed E-state index contributed by atoms with van der Waals surface area (Å²) in [5, 5.41) is 0. The van der Waals surface area contributed by atoms with Crippen molar-refractivity contribution in [1.29, 1.82) is 0 Å². The third kappa shape index (κ3) is 4.46. The van der Waals surface area contributed by atoms with Crippen LogP contribution in [-0.4, -0.2) is 32.1 Å². The predicted molar refractivity (Wildman–Crippen MR) is 70.1 cm³/mol. The topological polar surface area (TPSA) is 63.4 Å². The number of rotatable bonds is 6. The molecule has 0 fully saturated rings. The molecule has 2 N–H and O–H groups in total. The van der Waals surface area contributed by atoms with Crippen molar-refractivity contribution in [2.24, 2.45) is 5.73 Å². The molecule has 1 aromatic carbocycles. The first-order valence-corrected chi connectivity index (χ1v) is 7.26. The van der Waals surface area contributed by atoms with Crippen molar-refractivity contribution in [2.75, 3.05) is 19.3 Å². The third-order valence-corrected chi connectivity index (χ3v) is 4.49. The number of aryl methyl sites for hydroxylation is 1. The Bertz CT molecular complexity index is 440. The monoisotopic (exact) mass is 256 g/mol. The summed E-state index contributed by atoms with van der Waals surface area (Å²) < 4.78 is 25.0. The van der Waals surface area contributed by atoms with Gasteiger partial charge in [0.2, 0.25) is 10.0 Å². The largest absolute Gasteiger partial charge is 0.330 e. The van der Waals surface area contributed by atoms with Crippen LogP contribution in [0.4, 0.5) is 0 Å². The van der Waals surface area contributed by atoms with Crippen molar-refractivity contribution in [3.63, 3.8) is 0 Å². The zero-order valence-corrected chi connectivity index (χ0v) is 11.2. The summed E-state index contributed by atoms with van der Waals surface area (Å²) in [6.07, 6.45) is 0.501. The predicted octanol–water partition coefficient (Wildman–Crippen LogP) is 1.11. The average molecular weight is 256 g/mol. The fourth-order valence-corrected chi connectivity index (χ4v) is 2.66. The maximum absolute atomic E-state index is 11.8. The lowest BCUT2D eigenvalue weighted by Gasteiger charge is -2.17. The van der Waals surface area contributed by atoms with Crippen molar-refractivity contribution < 1.29 is 8.42 Å². The third-order valence-electron chi connectivity index (χ3n) is 2.61. The molecule has 0 aliphatic rings. The molecule has 0 amide bonds. The molecule has 17 heavy (non-hydrogen) atoms. The van der Waals surface area contributed by atoms with Gasteiger partial charge in [-0.25, -0.2) is 12.7 Å². The van der Waals surface area contributed by atoms with E-state index in [0.29, 0.717) is 19.5 Å². The zero-order chi connectivity index (χ0) is 12.9. The minimum atomic E-state index is -3.18. The van der Waals surface area contributed by atoms with Gasteiger partial charge in [-0.05, 0) is 25.5 Å². The van der Waals surface area contributed by atoms with Gasteiger partial charge in [-0.1, -0.05) is 29.8 Å². The number of benzene rings is 1. The molecule has 0 aliphatic heterocycles. The summed E-state index contributed by atoms with van der Waals surface area (Å²) in [4.78, 5) is 0. The number of nitrogens with zero attached hydrogens (tertiary/aromatic N) is 1. The van der Waals surface area contributed by atoms with Gasteiger partial charge in [0.15, 0.2) is 0 Å². The molecule has 96 valence electrons. The lowest BCUT2D eigenvalue weighted by molar-refractivity contribution is 0.465. The molecule has 0 radical (unpaired) electrons. The molecule has 0 aliphatic carbocycles. The fraction of sp³-hybridized carbons (Fsp3) is 0.500. The molecule has 0 saturated heterocycles. The quantitative estimate of drug-likeness (QED) is 0.829. The Kier molecular flexibility index (Phi) is 5.11. The Morgan fingerprint density at radius 1 is 1.24 bits per heavy atom. The normalized spacial score (nSPS) is 12.0. The van der Waals surface area contributed by atoms with E-state index in [2.05, 4.69) is 0 Å². The lowest BCUT2D eigenvalue weighted by atomic mass is 10.1. The van der Waals surface area contributed by atoms with E-state index >= 15 is 0 Å². The summed E-state index contributed by atoms with van der Waals surface area (Å²) in [6, 6.07) is 7.86. The van der Waals surface area contributed by atoms with E-state index < -0.39 is 10.0 Å². The second-order valence-electron chi connectivity index (χ2n) is 4.20. The summed E-state index contributed by atoms with van der Waals surface area (Å²) in [7, 11) is -1.57. The highest BCUT2D eigenvalue weighted by molar-refractivity contribution is 7.89. The van der Waals surface area contributed by atoms with E-state index in [1.807, 2.05) is 31.2 Å². The van der Waals surface area contributed by atoms with Crippen LogP contribution in [-0.2, 0) is 16.6 Å². The molecular formula is C12H20N2O2S. The number of nitrogens with two attached hydrogens (primary N) is 1. The molecule has 0 unspecified atom stereocenters. The van der Waals surface area contributed by atoms with Gasteiger partial charge in [-0.15, -0.1) is 0 Å². The van der Waals surface area contributed by atoms with Crippen LogP contribution in [0.3, 0.4) is 0 Å². The summed E-state index contributed by atoms with van der Waals surface area (Å²) in [5.74, 6) is 0.117. The lowest BCUT2D eigenvalue weighted by Crippen LogP contribution is -2.29. The highest BCUT2D eigenvalue weighted by atomic mass is 32.2. The van der Waals surface area contributed by atoms with E-state index in [1.54, 1.807) is 7.05 Å². The van der Waals surface area contributed by atoms with E-state index in [1.165, 1.54) is 9.87 Å². The number of hydrogen-bond donors (Lipinski definition) is 1. The molecule has 0 spiro atoms. The Morgan fingerprint density at radius 2 is 1.82 bits per heavy atom. The Hall–Kier alpha value is -0.910. The van der Waals surface area contributed by atoms with Gasteiger partial charge >= 0.3 is 0 Å². The first-order chi connectivity index (χ1) is 7.95. The van der Waals surface area contributed by atoms with Crippen LogP contribution in [0.15, 0.2) is 24.3 Å². The molecule has 0 atom stereocenters. The van der Waals surface area contributed by atoms with Gasteiger partial charge in [0.1, 0.15) is 0 Å². The van der Waals surface area contributed by atoms with Crippen LogP contribution >= 0.6 is 0 Å². The molecule has 0 bridgehead atoms. The molecule has 1 rings (SSSR count). The maximum Gasteiger partial charge on any atom is 0.214 e. The first kappa shape index (κ1) is 14.2. The Labute approximate surface area is 103 Å². The van der Waals surface area contributed by atoms with Gasteiger partial charge in [-0.3, -0.25) is 0 Å². The summed E-state index contributed by atoms with van der Waals surface area (Å²) in [5.41, 5.74) is 7.49. The standard InChI is InChI=1S/C12H20N2O2S/c1-11-4-6-12(7-5-11)10-14(2)17(15,16)9-3-8-13/h4-7H,3,8-10,13H2,1-2H3. The summed E-state index contributed by atoms with van der Waals surface area (Å²) in [6.45, 7) is 2.82. The van der Waals surface area contributed by atoms with Crippen LogP contribution in [0, 0.1) is 6.92 Å². The fourth-order valence-electron chi connectivity index (χ4n) is 1.47. The minimum absolute atomic E-state index is 0.117. The maximum atomic E-state index is 11.8. The van der Waals surface area contributed by atoms with Crippen LogP contribution in [0.2, 0.25) is 0 Å². The van der Waals surface area contributed by atoms with Gasteiger partial charge in [0.25, 0.3) is 0 Å². The number of hydrogen-bond acceptors (Lipinski definition) is 3. The van der Waals surface area contributed by atoms with E-state index in [0.717, 1.165) is 5.56 Å². The van der Waals surface area contributed by atoms with Gasteiger partial charge in [0, 0.05) is 13.6 Å². The second kappa shape index (κ2) is 6.14. The highest BCUT2D eigenvalue weighted by Crippen LogP contribution is 2.09. The first-order valence-electron chi connectivity index (χ1n) is 5.65. The smallest absolute Gasteiger partial charge is 0.214 e. The van der Waals surface area contributed by atoms with Crippen molar-refractivity contribution in [1.82, 2.24) is 4.31 Å². The minimum Gasteiger partial charge on any atom is -0.330 e. The van der Waals surface area contributed by atoms with E-state index in [-0.39, 0.29) is 5.75 Å². The molecule has 1 aromatic rings. The Morgan fingerprint density at radius 3 is 2.35 bits per heavy atom. The van der Waals surface area contributed by atoms with Crippen LogP contribution in [0.1, 0.15) is 17.5 Å². The Balaban J connectivity index is 2.65. The SMILES string of the molecule is Cc1ccc(CN(C)S(=O)(=O)CCCN)cc1. The van der Waals surface area contributed by atoms with Crippen molar-refractivity contribution in [2.45, 2.75) is 19.9 Å². The molecule has 5 heteroatoms. The highest BCUT2D eigenvalue weighted by Gasteiger charge is 2.16. The van der Waals surface area contributed by atoms with E-state index in [9.17, 15) is 8.42 Å². The van der Waals surface area contributed by atoms with E-state index in [4.69, 9.17) is 5.73 Å². The van der Waals surface area contributed by atoms with Crippen LogP contribution in [0.25, 0.3) is 0 Å². The van der Waals surface area contributed by atoms with Gasteiger partial charge in [-0.2, -0.15) is 0 Å². The van der Waals surface area contributed by atoms with Gasteiger partial charge < -0.3 is 5.73 Å². The van der Waals surface area contributed by atoms with Gasteiger partial charge in [0.05, 0.1) is 5.75 Å². The molecular weight excluding hydrogens is 236 g/mol. The summed E-state index contributed by atoms with van der Waals surface area (Å²) >= 11 is 0. The van der Waals surface area contributed by atoms with Crippen molar-refractivity contribution in [3.05, 3.63) is 35.4 Å². The van der Waals surface area contributed by atoms with Crippen molar-refractivity contribution in [3.8, 4) is 0 Å². The van der Waals surface area contributed by atoms with Crippen molar-refractivity contribution >= 4 is 10.0 Å². The average Bonchev–Trinajstić information content (AvgIpc) is 2.29. The molecule has 0 saturated carbocycles. The van der Waals surface area contributed by atoms with Crippen LogP contribution in [0.5, 0.6) is 0 Å². The zero-order valence-electron chi connectivity index (χ0n) is 10.4. The number of sulfonamides is 1. The molecule has 0 aromatic heterocycles.